The molecule has 1 N–H and O–H groups in total. The van der Waals surface area contributed by atoms with Crippen LogP contribution < -0.4 is 5.32 Å². The second-order valence-electron chi connectivity index (χ2n) is 6.49. The number of nitrogens with one attached hydrogen (secondary N) is 1. The zero-order valence-corrected chi connectivity index (χ0v) is 13.0. The van der Waals surface area contributed by atoms with Crippen LogP contribution in [0.5, 0.6) is 0 Å². The molecular formula is C15H26ClNO2. The Balaban J connectivity index is 1.91. The number of hydrogen-bond acceptors (Lipinski definition) is 2. The highest BCUT2D eigenvalue weighted by Crippen LogP contribution is 2.39. The Morgan fingerprint density at radius 3 is 2.37 bits per heavy atom. The second kappa shape index (κ2) is 6.01. The Bertz CT molecular complexity index is 328. The van der Waals surface area contributed by atoms with Gasteiger partial charge in [0.1, 0.15) is 0 Å². The first kappa shape index (κ1) is 15.1. The summed E-state index contributed by atoms with van der Waals surface area (Å²) in [5.74, 6) is 1.05. The molecule has 0 aromatic carbocycles. The molecule has 2 fully saturated rings. The molecule has 110 valence electrons. The van der Waals surface area contributed by atoms with Gasteiger partial charge in [0, 0.05) is 17.8 Å². The van der Waals surface area contributed by atoms with Gasteiger partial charge in [-0.25, -0.2) is 0 Å². The molecule has 3 nitrogen and oxygen atoms in total. The normalized spacial score (nSPS) is 37.5. The van der Waals surface area contributed by atoms with Crippen LogP contribution in [0.1, 0.15) is 46.5 Å². The molecule has 0 radical (unpaired) electrons. The zero-order chi connectivity index (χ0) is 14.0. The van der Waals surface area contributed by atoms with Crippen molar-refractivity contribution < 1.29 is 9.53 Å². The van der Waals surface area contributed by atoms with Crippen LogP contribution in [-0.4, -0.2) is 30.5 Å². The quantitative estimate of drug-likeness (QED) is 0.808. The number of hydrogen-bond donors (Lipinski definition) is 1. The summed E-state index contributed by atoms with van der Waals surface area (Å²) in [7, 11) is 0. The lowest BCUT2D eigenvalue weighted by molar-refractivity contribution is -0.127. The standard InChI is InChI=1S/C15H26ClNO2/c1-10-11(2)19-12(3)13(10)14(18)17-9-15(8-16)6-4-5-7-15/h10-13H,4-9H2,1-3H3,(H,17,18). The molecule has 0 bridgehead atoms. The van der Waals surface area contributed by atoms with Gasteiger partial charge in [0.25, 0.3) is 0 Å². The summed E-state index contributed by atoms with van der Waals surface area (Å²) < 4.78 is 5.74. The van der Waals surface area contributed by atoms with Gasteiger partial charge in [-0.3, -0.25) is 4.79 Å². The monoisotopic (exact) mass is 287 g/mol. The number of amides is 1. The summed E-state index contributed by atoms with van der Waals surface area (Å²) in [6.07, 6.45) is 4.93. The topological polar surface area (TPSA) is 38.3 Å². The second-order valence-corrected chi connectivity index (χ2v) is 6.76. The van der Waals surface area contributed by atoms with Crippen molar-refractivity contribution in [3.63, 3.8) is 0 Å². The number of halogens is 1. The van der Waals surface area contributed by atoms with Crippen molar-refractivity contribution in [2.45, 2.75) is 58.7 Å². The average molecular weight is 288 g/mol. The lowest BCUT2D eigenvalue weighted by atomic mass is 9.86. The molecular weight excluding hydrogens is 262 g/mol. The lowest BCUT2D eigenvalue weighted by Gasteiger charge is -2.28. The van der Waals surface area contributed by atoms with E-state index in [0.717, 1.165) is 19.4 Å². The highest BCUT2D eigenvalue weighted by molar-refractivity contribution is 6.18. The Hall–Kier alpha value is -0.280. The van der Waals surface area contributed by atoms with Crippen LogP contribution in [0, 0.1) is 17.3 Å². The molecule has 1 amide bonds. The van der Waals surface area contributed by atoms with Crippen molar-refractivity contribution in [3.8, 4) is 0 Å². The Labute approximate surface area is 121 Å². The average Bonchev–Trinajstić information content (AvgIpc) is 2.94. The van der Waals surface area contributed by atoms with Crippen molar-refractivity contribution in [1.82, 2.24) is 5.32 Å². The number of alkyl halides is 1. The summed E-state index contributed by atoms with van der Waals surface area (Å²) in [4.78, 5) is 12.4. The maximum absolute atomic E-state index is 12.4. The molecule has 4 unspecified atom stereocenters. The number of carbonyl (C=O) groups excluding carboxylic acids is 1. The molecule has 1 saturated heterocycles. The fourth-order valence-corrected chi connectivity index (χ4v) is 3.96. The minimum atomic E-state index is -0.0243. The molecule has 19 heavy (non-hydrogen) atoms. The van der Waals surface area contributed by atoms with Crippen molar-refractivity contribution in [1.29, 1.82) is 0 Å². The zero-order valence-electron chi connectivity index (χ0n) is 12.2. The summed E-state index contributed by atoms with van der Waals surface area (Å²) in [6.45, 7) is 6.87. The molecule has 1 saturated carbocycles. The van der Waals surface area contributed by atoms with E-state index >= 15 is 0 Å². The van der Waals surface area contributed by atoms with E-state index in [0.29, 0.717) is 5.88 Å². The van der Waals surface area contributed by atoms with Gasteiger partial charge in [0.2, 0.25) is 5.91 Å². The van der Waals surface area contributed by atoms with Gasteiger partial charge in [-0.2, -0.15) is 0 Å². The largest absolute Gasteiger partial charge is 0.374 e. The van der Waals surface area contributed by atoms with Crippen molar-refractivity contribution >= 4 is 17.5 Å². The van der Waals surface area contributed by atoms with Crippen LogP contribution in [0.4, 0.5) is 0 Å². The lowest BCUT2D eigenvalue weighted by Crippen LogP contribution is -2.43. The molecule has 0 aromatic heterocycles. The van der Waals surface area contributed by atoms with Crippen LogP contribution in [0.15, 0.2) is 0 Å². The Morgan fingerprint density at radius 2 is 1.89 bits per heavy atom. The van der Waals surface area contributed by atoms with Crippen molar-refractivity contribution in [2.24, 2.45) is 17.3 Å². The van der Waals surface area contributed by atoms with Gasteiger partial charge in [-0.05, 0) is 32.6 Å². The molecule has 4 heteroatoms. The van der Waals surface area contributed by atoms with Crippen LogP contribution in [-0.2, 0) is 9.53 Å². The SMILES string of the molecule is CC1OC(C)C(C(=O)NCC2(CCl)CCCC2)C1C. The van der Waals surface area contributed by atoms with E-state index in [9.17, 15) is 4.79 Å². The van der Waals surface area contributed by atoms with Gasteiger partial charge in [-0.1, -0.05) is 19.8 Å². The molecule has 1 aliphatic heterocycles. The third-order valence-electron chi connectivity index (χ3n) is 5.13. The van der Waals surface area contributed by atoms with Gasteiger partial charge in [-0.15, -0.1) is 11.6 Å². The molecule has 0 aromatic rings. The molecule has 4 atom stereocenters. The van der Waals surface area contributed by atoms with E-state index in [4.69, 9.17) is 16.3 Å². The molecule has 1 aliphatic carbocycles. The first-order chi connectivity index (χ1) is 8.99. The summed E-state index contributed by atoms with van der Waals surface area (Å²) >= 11 is 6.11. The summed E-state index contributed by atoms with van der Waals surface area (Å²) in [5, 5.41) is 3.14. The maximum Gasteiger partial charge on any atom is 0.226 e. The fourth-order valence-electron chi connectivity index (χ4n) is 3.59. The molecule has 2 aliphatic rings. The van der Waals surface area contributed by atoms with E-state index in [2.05, 4.69) is 12.2 Å². The van der Waals surface area contributed by atoms with Gasteiger partial charge in [0.05, 0.1) is 18.1 Å². The molecule has 2 rings (SSSR count). The van der Waals surface area contributed by atoms with Gasteiger partial charge >= 0.3 is 0 Å². The van der Waals surface area contributed by atoms with E-state index in [-0.39, 0.29) is 35.4 Å². The third kappa shape index (κ3) is 3.08. The smallest absolute Gasteiger partial charge is 0.226 e. The van der Waals surface area contributed by atoms with Crippen molar-refractivity contribution in [3.05, 3.63) is 0 Å². The first-order valence-electron chi connectivity index (χ1n) is 7.48. The van der Waals surface area contributed by atoms with Crippen molar-refractivity contribution in [2.75, 3.05) is 12.4 Å². The Morgan fingerprint density at radius 1 is 1.26 bits per heavy atom. The molecule has 1 heterocycles. The minimum absolute atomic E-state index is 0.0144. The highest BCUT2D eigenvalue weighted by atomic mass is 35.5. The summed E-state index contributed by atoms with van der Waals surface area (Å²) in [6, 6.07) is 0. The van der Waals surface area contributed by atoms with E-state index in [1.54, 1.807) is 0 Å². The fraction of sp³-hybridized carbons (Fsp3) is 0.933. The van der Waals surface area contributed by atoms with Crippen LogP contribution in [0.2, 0.25) is 0 Å². The molecule has 0 spiro atoms. The minimum Gasteiger partial charge on any atom is -0.374 e. The number of carbonyl (C=O) groups is 1. The predicted octanol–water partition coefficient (Wildman–Crippen LogP) is 2.96. The number of rotatable bonds is 4. The predicted molar refractivity (Wildman–Crippen MR) is 77.3 cm³/mol. The maximum atomic E-state index is 12.4. The Kier molecular flexibility index (Phi) is 4.78. The van der Waals surface area contributed by atoms with Crippen LogP contribution in [0.25, 0.3) is 0 Å². The number of ether oxygens (including phenoxy) is 1. The highest BCUT2D eigenvalue weighted by Gasteiger charge is 2.42. The van der Waals surface area contributed by atoms with E-state index < -0.39 is 0 Å². The van der Waals surface area contributed by atoms with Crippen LogP contribution >= 0.6 is 11.6 Å². The van der Waals surface area contributed by atoms with E-state index in [1.165, 1.54) is 12.8 Å². The first-order valence-corrected chi connectivity index (χ1v) is 8.02. The summed E-state index contributed by atoms with van der Waals surface area (Å²) in [5.41, 5.74) is 0.134. The van der Waals surface area contributed by atoms with Gasteiger partial charge < -0.3 is 10.1 Å². The van der Waals surface area contributed by atoms with E-state index in [1.807, 2.05) is 13.8 Å². The van der Waals surface area contributed by atoms with Crippen LogP contribution in [0.3, 0.4) is 0 Å². The van der Waals surface area contributed by atoms with Gasteiger partial charge in [0.15, 0.2) is 0 Å². The third-order valence-corrected chi connectivity index (χ3v) is 5.70.